The third kappa shape index (κ3) is 8.48. The van der Waals surface area contributed by atoms with Crippen LogP contribution in [0.4, 0.5) is 0 Å². The molecule has 4 N–H and O–H groups in total. The number of aliphatic carboxylic acids is 2. The molecule has 0 rings (SSSR count). The topological polar surface area (TPSA) is 101 Å². The van der Waals surface area contributed by atoms with Gasteiger partial charge in [-0.2, -0.15) is 0 Å². The van der Waals surface area contributed by atoms with Crippen LogP contribution in [0.15, 0.2) is 23.3 Å². The lowest BCUT2D eigenvalue weighted by atomic mass is 9.92. The third-order valence-corrected chi connectivity index (χ3v) is 3.09. The Bertz CT molecular complexity index is 395. The fourth-order valence-electron chi connectivity index (χ4n) is 1.83. The maximum absolute atomic E-state index is 10.9. The molecule has 0 saturated carbocycles. The van der Waals surface area contributed by atoms with E-state index in [0.717, 1.165) is 18.4 Å². The van der Waals surface area contributed by atoms with Gasteiger partial charge in [0.05, 0.1) is 6.42 Å². The van der Waals surface area contributed by atoms with Crippen molar-refractivity contribution in [3.05, 3.63) is 23.3 Å². The summed E-state index contributed by atoms with van der Waals surface area (Å²) in [4.78, 5) is 21.6. The average Bonchev–Trinajstić information content (AvgIpc) is 2.32. The number of carboxylic acids is 2. The van der Waals surface area contributed by atoms with Crippen LogP contribution in [0.5, 0.6) is 0 Å². The van der Waals surface area contributed by atoms with Crippen molar-refractivity contribution in [1.29, 1.82) is 0 Å². The smallest absolute Gasteiger partial charge is 0.320 e. The molecule has 5 heteroatoms. The first-order valence-corrected chi connectivity index (χ1v) is 6.73. The Kier molecular flexibility index (Phi) is 8.56. The number of carboxylic acid groups (broad SMARTS) is 2. The van der Waals surface area contributed by atoms with Crippen LogP contribution in [0.2, 0.25) is 0 Å². The van der Waals surface area contributed by atoms with E-state index in [9.17, 15) is 9.59 Å². The predicted octanol–water partition coefficient (Wildman–Crippen LogP) is 2.57. The van der Waals surface area contributed by atoms with E-state index in [2.05, 4.69) is 6.08 Å². The van der Waals surface area contributed by atoms with Gasteiger partial charge in [0.15, 0.2) is 0 Å². The van der Waals surface area contributed by atoms with Gasteiger partial charge < -0.3 is 15.9 Å². The molecular formula is C15H25NO4. The normalized spacial score (nSPS) is 14.5. The molecule has 0 heterocycles. The van der Waals surface area contributed by atoms with Crippen molar-refractivity contribution in [3.8, 4) is 0 Å². The second-order valence-electron chi connectivity index (χ2n) is 5.33. The molecule has 0 aliphatic rings. The van der Waals surface area contributed by atoms with Gasteiger partial charge in [-0.3, -0.25) is 9.59 Å². The van der Waals surface area contributed by atoms with Crippen LogP contribution in [0, 0.1) is 5.92 Å². The minimum atomic E-state index is -1.16. The summed E-state index contributed by atoms with van der Waals surface area (Å²) in [5.41, 5.74) is 7.91. The second-order valence-corrected chi connectivity index (χ2v) is 5.33. The highest BCUT2D eigenvalue weighted by Gasteiger charge is 2.25. The first-order chi connectivity index (χ1) is 9.23. The van der Waals surface area contributed by atoms with Crippen LogP contribution >= 0.6 is 0 Å². The number of carbonyl (C=O) groups is 2. The van der Waals surface area contributed by atoms with Crippen LogP contribution in [0.3, 0.4) is 0 Å². The predicted molar refractivity (Wildman–Crippen MR) is 78.4 cm³/mol. The molecule has 1 unspecified atom stereocenters. The maximum Gasteiger partial charge on any atom is 0.320 e. The molecule has 114 valence electrons. The number of nitrogens with two attached hydrogens (primary N) is 1. The fourth-order valence-corrected chi connectivity index (χ4v) is 1.83. The van der Waals surface area contributed by atoms with Crippen molar-refractivity contribution in [2.24, 2.45) is 11.7 Å². The lowest BCUT2D eigenvalue weighted by molar-refractivity contribution is -0.142. The molecule has 0 aliphatic heterocycles. The molecular weight excluding hydrogens is 258 g/mol. The summed E-state index contributed by atoms with van der Waals surface area (Å²) in [6, 6.07) is -1.15. The summed E-state index contributed by atoms with van der Waals surface area (Å²) >= 11 is 0. The number of rotatable bonds is 9. The number of allylic oxidation sites excluding steroid dienone is 4. The Morgan fingerprint density at radius 2 is 1.75 bits per heavy atom. The minimum absolute atomic E-state index is 0.231. The zero-order chi connectivity index (χ0) is 15.7. The zero-order valence-electron chi connectivity index (χ0n) is 12.4. The molecule has 0 aromatic carbocycles. The van der Waals surface area contributed by atoms with Crippen molar-refractivity contribution in [1.82, 2.24) is 0 Å². The zero-order valence-corrected chi connectivity index (χ0v) is 12.4. The standard InChI is InChI=1S/C15H25NO4/c1-10(2)5-4-6-11(3)7-8-12(9-13(17)18)14(16)15(19)20/h5,7,12,14H,4,6,8-9,16H2,1-3H3,(H,17,18)(H,19,20)/b11-7+/t12?,14-/m0/s1. The molecule has 0 aromatic rings. The molecule has 0 aromatic heterocycles. The van der Waals surface area contributed by atoms with Gasteiger partial charge in [0.1, 0.15) is 6.04 Å². The summed E-state index contributed by atoms with van der Waals surface area (Å²) in [5, 5.41) is 17.7. The van der Waals surface area contributed by atoms with Crippen molar-refractivity contribution in [3.63, 3.8) is 0 Å². The number of hydrogen-bond donors (Lipinski definition) is 3. The van der Waals surface area contributed by atoms with Crippen molar-refractivity contribution >= 4 is 11.9 Å². The highest BCUT2D eigenvalue weighted by Crippen LogP contribution is 2.17. The lowest BCUT2D eigenvalue weighted by Gasteiger charge is -2.17. The first-order valence-electron chi connectivity index (χ1n) is 6.73. The van der Waals surface area contributed by atoms with Gasteiger partial charge in [0.2, 0.25) is 0 Å². The highest BCUT2D eigenvalue weighted by molar-refractivity contribution is 5.75. The van der Waals surface area contributed by atoms with E-state index < -0.39 is 23.9 Å². The van der Waals surface area contributed by atoms with E-state index in [1.165, 1.54) is 5.57 Å². The fraction of sp³-hybridized carbons (Fsp3) is 0.600. The van der Waals surface area contributed by atoms with Gasteiger partial charge in [0, 0.05) is 0 Å². The average molecular weight is 283 g/mol. The van der Waals surface area contributed by atoms with Crippen molar-refractivity contribution < 1.29 is 19.8 Å². The minimum Gasteiger partial charge on any atom is -0.481 e. The van der Waals surface area contributed by atoms with Gasteiger partial charge in [-0.05, 0) is 46.0 Å². The largest absolute Gasteiger partial charge is 0.481 e. The molecule has 0 bridgehead atoms. The number of hydrogen-bond acceptors (Lipinski definition) is 3. The molecule has 0 fully saturated rings. The van der Waals surface area contributed by atoms with E-state index in [1.54, 1.807) is 0 Å². The Hall–Kier alpha value is -1.62. The summed E-state index contributed by atoms with van der Waals surface area (Å²) in [6.07, 6.45) is 5.99. The van der Waals surface area contributed by atoms with Crippen LogP contribution in [-0.2, 0) is 9.59 Å². The van der Waals surface area contributed by atoms with Crippen molar-refractivity contribution in [2.45, 2.75) is 52.5 Å². The molecule has 0 radical (unpaired) electrons. The molecule has 0 saturated heterocycles. The molecule has 20 heavy (non-hydrogen) atoms. The SMILES string of the molecule is CC(C)=CCC/C(C)=C/CC(CC(=O)O)[C@H](N)C(=O)O. The molecule has 0 amide bonds. The van der Waals surface area contributed by atoms with Gasteiger partial charge in [0.25, 0.3) is 0 Å². The van der Waals surface area contributed by atoms with E-state index in [4.69, 9.17) is 15.9 Å². The van der Waals surface area contributed by atoms with E-state index >= 15 is 0 Å². The Labute approximate surface area is 120 Å². The Morgan fingerprint density at radius 1 is 1.15 bits per heavy atom. The Balaban J connectivity index is 4.53. The summed E-state index contributed by atoms with van der Waals surface area (Å²) in [7, 11) is 0. The van der Waals surface area contributed by atoms with Gasteiger partial charge >= 0.3 is 11.9 Å². The van der Waals surface area contributed by atoms with Gasteiger partial charge in [-0.15, -0.1) is 0 Å². The second kappa shape index (κ2) is 9.31. The van der Waals surface area contributed by atoms with Crippen LogP contribution < -0.4 is 5.73 Å². The monoisotopic (exact) mass is 283 g/mol. The van der Waals surface area contributed by atoms with Crippen LogP contribution in [0.1, 0.15) is 46.5 Å². The molecule has 2 atom stereocenters. The van der Waals surface area contributed by atoms with Gasteiger partial charge in [-0.25, -0.2) is 0 Å². The van der Waals surface area contributed by atoms with Crippen LogP contribution in [-0.4, -0.2) is 28.2 Å². The lowest BCUT2D eigenvalue weighted by Crippen LogP contribution is -2.38. The summed E-state index contributed by atoms with van der Waals surface area (Å²) in [6.45, 7) is 6.03. The molecule has 5 nitrogen and oxygen atoms in total. The summed E-state index contributed by atoms with van der Waals surface area (Å²) < 4.78 is 0. The Morgan fingerprint density at radius 3 is 2.20 bits per heavy atom. The van der Waals surface area contributed by atoms with Gasteiger partial charge in [-0.1, -0.05) is 23.3 Å². The van der Waals surface area contributed by atoms with E-state index in [1.807, 2.05) is 26.8 Å². The van der Waals surface area contributed by atoms with Crippen molar-refractivity contribution in [2.75, 3.05) is 0 Å². The first kappa shape index (κ1) is 18.4. The van der Waals surface area contributed by atoms with Crippen LogP contribution in [0.25, 0.3) is 0 Å². The quantitative estimate of drug-likeness (QED) is 0.565. The summed E-state index contributed by atoms with van der Waals surface area (Å²) in [5.74, 6) is -2.77. The third-order valence-electron chi connectivity index (χ3n) is 3.09. The van der Waals surface area contributed by atoms with E-state index in [-0.39, 0.29) is 6.42 Å². The highest BCUT2D eigenvalue weighted by atomic mass is 16.4. The van der Waals surface area contributed by atoms with E-state index in [0.29, 0.717) is 6.42 Å². The maximum atomic E-state index is 10.9. The molecule has 0 spiro atoms. The molecule has 0 aliphatic carbocycles.